The summed E-state index contributed by atoms with van der Waals surface area (Å²) in [5.41, 5.74) is 6.25. The zero-order valence-corrected chi connectivity index (χ0v) is 11.2. The third kappa shape index (κ3) is 3.37. The van der Waals surface area contributed by atoms with E-state index in [-0.39, 0.29) is 37.4 Å². The molecule has 20 heavy (non-hydrogen) atoms. The lowest BCUT2D eigenvalue weighted by molar-refractivity contribution is -0.0583. The summed E-state index contributed by atoms with van der Waals surface area (Å²) >= 11 is 0. The summed E-state index contributed by atoms with van der Waals surface area (Å²) in [6, 6.07) is 4.62. The van der Waals surface area contributed by atoms with E-state index in [1.54, 1.807) is 12.1 Å². The Hall–Kier alpha value is -1.85. The van der Waals surface area contributed by atoms with E-state index in [2.05, 4.69) is 4.74 Å². The number of carbonyl (C=O) groups excluding carboxylic acids is 1. The lowest BCUT2D eigenvalue weighted by Gasteiger charge is -2.29. The molecule has 4 nitrogen and oxygen atoms in total. The molecule has 1 aromatic rings. The summed E-state index contributed by atoms with van der Waals surface area (Å²) in [7, 11) is 1.26. The third-order valence-corrected chi connectivity index (χ3v) is 3.37. The Labute approximate surface area is 115 Å². The number of methoxy groups -OCH3 is 1. The van der Waals surface area contributed by atoms with Crippen molar-refractivity contribution in [3.63, 3.8) is 0 Å². The van der Waals surface area contributed by atoms with Crippen LogP contribution < -0.4 is 10.5 Å². The highest BCUT2D eigenvalue weighted by atomic mass is 19.3. The van der Waals surface area contributed by atoms with Gasteiger partial charge in [0.2, 0.25) is 5.92 Å². The first-order chi connectivity index (χ1) is 9.41. The summed E-state index contributed by atoms with van der Waals surface area (Å²) < 4.78 is 36.5. The molecule has 1 fully saturated rings. The minimum absolute atomic E-state index is 0.194. The van der Waals surface area contributed by atoms with Crippen LogP contribution in [-0.2, 0) is 4.74 Å². The average Bonchev–Trinajstić information content (AvgIpc) is 2.42. The summed E-state index contributed by atoms with van der Waals surface area (Å²) in [5.74, 6) is -2.85. The van der Waals surface area contributed by atoms with Crippen molar-refractivity contribution in [2.24, 2.45) is 0 Å². The highest BCUT2D eigenvalue weighted by Gasteiger charge is 2.36. The Morgan fingerprint density at radius 2 is 2.00 bits per heavy atom. The van der Waals surface area contributed by atoms with Crippen LogP contribution in [0.2, 0.25) is 0 Å². The van der Waals surface area contributed by atoms with Crippen molar-refractivity contribution in [1.29, 1.82) is 0 Å². The first-order valence-corrected chi connectivity index (χ1v) is 6.43. The Balaban J connectivity index is 2.11. The number of nitrogens with two attached hydrogens (primary N) is 1. The minimum atomic E-state index is -2.61. The molecule has 2 rings (SSSR count). The molecule has 0 spiro atoms. The quantitative estimate of drug-likeness (QED) is 0.685. The number of carbonyl (C=O) groups is 1. The highest BCUT2D eigenvalue weighted by Crippen LogP contribution is 2.35. The SMILES string of the molecule is COC(=O)c1cc(N)ccc1OC1CCC(F)(F)CC1. The highest BCUT2D eigenvalue weighted by molar-refractivity contribution is 5.93. The van der Waals surface area contributed by atoms with Gasteiger partial charge in [0.05, 0.1) is 13.2 Å². The number of hydrogen-bond donors (Lipinski definition) is 1. The Morgan fingerprint density at radius 1 is 1.35 bits per heavy atom. The van der Waals surface area contributed by atoms with E-state index in [0.29, 0.717) is 11.4 Å². The monoisotopic (exact) mass is 285 g/mol. The van der Waals surface area contributed by atoms with Gasteiger partial charge in [0.1, 0.15) is 11.3 Å². The Kier molecular flexibility index (Phi) is 4.11. The van der Waals surface area contributed by atoms with E-state index < -0.39 is 11.9 Å². The average molecular weight is 285 g/mol. The van der Waals surface area contributed by atoms with E-state index >= 15 is 0 Å². The third-order valence-electron chi connectivity index (χ3n) is 3.37. The zero-order chi connectivity index (χ0) is 14.8. The lowest BCUT2D eigenvalue weighted by atomic mass is 9.94. The summed E-state index contributed by atoms with van der Waals surface area (Å²) in [4.78, 5) is 11.7. The molecule has 110 valence electrons. The molecule has 0 amide bonds. The first-order valence-electron chi connectivity index (χ1n) is 6.43. The molecule has 1 saturated carbocycles. The molecule has 1 aliphatic rings. The molecule has 0 aliphatic heterocycles. The van der Waals surface area contributed by atoms with Crippen molar-refractivity contribution in [2.75, 3.05) is 12.8 Å². The second kappa shape index (κ2) is 5.64. The molecule has 0 saturated heterocycles. The topological polar surface area (TPSA) is 61.5 Å². The fraction of sp³-hybridized carbons (Fsp3) is 0.500. The molecule has 6 heteroatoms. The zero-order valence-electron chi connectivity index (χ0n) is 11.2. The largest absolute Gasteiger partial charge is 0.490 e. The predicted molar refractivity (Wildman–Crippen MR) is 70.0 cm³/mol. The lowest BCUT2D eigenvalue weighted by Crippen LogP contribution is -2.31. The van der Waals surface area contributed by atoms with Gasteiger partial charge in [0.15, 0.2) is 0 Å². The van der Waals surface area contributed by atoms with Gasteiger partial charge in [-0.3, -0.25) is 0 Å². The molecule has 0 bridgehead atoms. The number of ether oxygens (including phenoxy) is 2. The standard InChI is InChI=1S/C14H17F2NO3/c1-19-13(18)11-8-9(17)2-3-12(11)20-10-4-6-14(15,16)7-5-10/h2-3,8,10H,4-7,17H2,1H3. The van der Waals surface area contributed by atoms with E-state index in [0.717, 1.165) is 0 Å². The number of rotatable bonds is 3. The molecule has 1 aliphatic carbocycles. The van der Waals surface area contributed by atoms with E-state index in [4.69, 9.17) is 10.5 Å². The molecule has 0 heterocycles. The number of hydrogen-bond acceptors (Lipinski definition) is 4. The van der Waals surface area contributed by atoms with Crippen LogP contribution in [0.1, 0.15) is 36.0 Å². The van der Waals surface area contributed by atoms with Crippen molar-refractivity contribution in [3.05, 3.63) is 23.8 Å². The van der Waals surface area contributed by atoms with Gasteiger partial charge >= 0.3 is 5.97 Å². The fourth-order valence-corrected chi connectivity index (χ4v) is 2.23. The molecular weight excluding hydrogens is 268 g/mol. The van der Waals surface area contributed by atoms with Gasteiger partial charge in [0.25, 0.3) is 0 Å². The smallest absolute Gasteiger partial charge is 0.341 e. The van der Waals surface area contributed by atoms with E-state index in [9.17, 15) is 13.6 Å². The normalized spacial score (nSPS) is 18.6. The van der Waals surface area contributed by atoms with Gasteiger partial charge < -0.3 is 15.2 Å². The second-order valence-electron chi connectivity index (χ2n) is 4.92. The molecule has 1 aromatic carbocycles. The van der Waals surface area contributed by atoms with Crippen molar-refractivity contribution in [2.45, 2.75) is 37.7 Å². The van der Waals surface area contributed by atoms with Crippen LogP contribution in [0.15, 0.2) is 18.2 Å². The summed E-state index contributed by atoms with van der Waals surface area (Å²) in [5, 5.41) is 0. The molecule has 2 N–H and O–H groups in total. The minimum Gasteiger partial charge on any atom is -0.490 e. The fourth-order valence-electron chi connectivity index (χ4n) is 2.23. The van der Waals surface area contributed by atoms with Gasteiger partial charge in [-0.2, -0.15) is 0 Å². The van der Waals surface area contributed by atoms with Crippen molar-refractivity contribution in [3.8, 4) is 5.75 Å². The van der Waals surface area contributed by atoms with Crippen molar-refractivity contribution < 1.29 is 23.0 Å². The molecule has 0 atom stereocenters. The van der Waals surface area contributed by atoms with E-state index in [1.807, 2.05) is 0 Å². The number of benzene rings is 1. The van der Waals surface area contributed by atoms with Crippen LogP contribution in [0.5, 0.6) is 5.75 Å². The van der Waals surface area contributed by atoms with Crippen LogP contribution in [0, 0.1) is 0 Å². The van der Waals surface area contributed by atoms with Crippen molar-refractivity contribution >= 4 is 11.7 Å². The van der Waals surface area contributed by atoms with Gasteiger partial charge in [-0.25, -0.2) is 13.6 Å². The van der Waals surface area contributed by atoms with E-state index in [1.165, 1.54) is 13.2 Å². The summed E-state index contributed by atoms with van der Waals surface area (Å²) in [6.07, 6.45) is -0.183. The number of esters is 1. The number of alkyl halides is 2. The van der Waals surface area contributed by atoms with Crippen LogP contribution in [0.25, 0.3) is 0 Å². The Morgan fingerprint density at radius 3 is 2.60 bits per heavy atom. The number of halogens is 2. The van der Waals surface area contributed by atoms with Crippen LogP contribution in [0.3, 0.4) is 0 Å². The van der Waals surface area contributed by atoms with Gasteiger partial charge in [-0.15, -0.1) is 0 Å². The van der Waals surface area contributed by atoms with Crippen LogP contribution in [-0.4, -0.2) is 25.1 Å². The summed E-state index contributed by atoms with van der Waals surface area (Å²) in [6.45, 7) is 0. The van der Waals surface area contributed by atoms with Crippen LogP contribution >= 0.6 is 0 Å². The number of nitrogen functional groups attached to an aromatic ring is 1. The van der Waals surface area contributed by atoms with Gasteiger partial charge in [-0.05, 0) is 31.0 Å². The molecular formula is C14H17F2NO3. The van der Waals surface area contributed by atoms with Gasteiger partial charge in [0, 0.05) is 18.5 Å². The van der Waals surface area contributed by atoms with Crippen LogP contribution in [0.4, 0.5) is 14.5 Å². The van der Waals surface area contributed by atoms with Crippen molar-refractivity contribution in [1.82, 2.24) is 0 Å². The first kappa shape index (κ1) is 14.6. The maximum Gasteiger partial charge on any atom is 0.341 e. The molecule has 0 radical (unpaired) electrons. The van der Waals surface area contributed by atoms with Gasteiger partial charge in [-0.1, -0.05) is 0 Å². The predicted octanol–water partition coefficient (Wildman–Crippen LogP) is 3.01. The maximum atomic E-state index is 13.1. The molecule has 0 aromatic heterocycles. The Bertz CT molecular complexity index is 495. The number of anilines is 1. The second-order valence-corrected chi connectivity index (χ2v) is 4.92. The molecule has 0 unspecified atom stereocenters. The maximum absolute atomic E-state index is 13.1.